The molecule has 1 aromatic heterocycles. The van der Waals surface area contributed by atoms with Gasteiger partial charge in [-0.3, -0.25) is 14.5 Å². The fourth-order valence-electron chi connectivity index (χ4n) is 3.79. The fraction of sp³-hybridized carbons (Fsp3) is 0.722. The molecule has 2 aliphatic rings. The lowest BCUT2D eigenvalue weighted by Crippen LogP contribution is -2.42. The van der Waals surface area contributed by atoms with E-state index in [1.54, 1.807) is 17.7 Å². The van der Waals surface area contributed by atoms with Crippen molar-refractivity contribution in [2.24, 2.45) is 5.92 Å². The van der Waals surface area contributed by atoms with Crippen LogP contribution >= 0.6 is 0 Å². The molecule has 0 radical (unpaired) electrons. The molecule has 0 aromatic carbocycles. The quantitative estimate of drug-likeness (QED) is 0.840. The number of piperidine rings is 1. The standard InChI is InChI=1S/C18H28N4O2/c1-13(2)22-18(24)10-16-12-20(7-6-17(16)19-22)11-15-4-8-21(9-5-15)14(3)23/h10,13,15H,4-9,11-12H2,1-3H3. The molecule has 24 heavy (non-hydrogen) atoms. The minimum atomic E-state index is 0.000339. The first-order valence-corrected chi connectivity index (χ1v) is 9.03. The average Bonchev–Trinajstić information content (AvgIpc) is 2.54. The summed E-state index contributed by atoms with van der Waals surface area (Å²) in [5.74, 6) is 0.832. The Kier molecular flexibility index (Phi) is 5.04. The van der Waals surface area contributed by atoms with Gasteiger partial charge in [-0.15, -0.1) is 0 Å². The molecule has 0 spiro atoms. The zero-order chi connectivity index (χ0) is 17.3. The molecule has 6 nitrogen and oxygen atoms in total. The van der Waals surface area contributed by atoms with E-state index in [0.29, 0.717) is 5.92 Å². The number of rotatable bonds is 3. The zero-order valence-corrected chi connectivity index (χ0v) is 15.0. The molecule has 0 saturated carbocycles. The third kappa shape index (κ3) is 3.69. The topological polar surface area (TPSA) is 58.4 Å². The highest BCUT2D eigenvalue weighted by atomic mass is 16.2. The van der Waals surface area contributed by atoms with Crippen molar-refractivity contribution in [1.82, 2.24) is 19.6 Å². The maximum Gasteiger partial charge on any atom is 0.267 e. The van der Waals surface area contributed by atoms with E-state index in [2.05, 4.69) is 10.00 Å². The van der Waals surface area contributed by atoms with Crippen molar-refractivity contribution in [2.45, 2.75) is 52.6 Å². The molecule has 0 N–H and O–H groups in total. The molecular weight excluding hydrogens is 304 g/mol. The number of aromatic nitrogens is 2. The van der Waals surface area contributed by atoms with E-state index in [9.17, 15) is 9.59 Å². The van der Waals surface area contributed by atoms with Crippen molar-refractivity contribution in [1.29, 1.82) is 0 Å². The van der Waals surface area contributed by atoms with Gasteiger partial charge in [-0.1, -0.05) is 0 Å². The molecule has 0 bridgehead atoms. The maximum absolute atomic E-state index is 12.2. The summed E-state index contributed by atoms with van der Waals surface area (Å²) in [4.78, 5) is 28.0. The van der Waals surface area contributed by atoms with Crippen LogP contribution in [0.5, 0.6) is 0 Å². The molecule has 0 atom stereocenters. The zero-order valence-electron chi connectivity index (χ0n) is 15.0. The molecule has 1 amide bonds. The summed E-state index contributed by atoms with van der Waals surface area (Å²) in [7, 11) is 0. The molecule has 3 rings (SSSR count). The van der Waals surface area contributed by atoms with Gasteiger partial charge in [0.1, 0.15) is 0 Å². The Morgan fingerprint density at radius 3 is 2.62 bits per heavy atom. The summed E-state index contributed by atoms with van der Waals surface area (Å²) in [6.45, 7) is 10.3. The third-order valence-corrected chi connectivity index (χ3v) is 5.25. The van der Waals surface area contributed by atoms with Gasteiger partial charge in [0.15, 0.2) is 0 Å². The van der Waals surface area contributed by atoms with E-state index in [1.165, 1.54) is 0 Å². The molecule has 1 aromatic rings. The van der Waals surface area contributed by atoms with Crippen molar-refractivity contribution in [3.05, 3.63) is 27.7 Å². The first kappa shape index (κ1) is 17.1. The Hall–Kier alpha value is -1.69. The van der Waals surface area contributed by atoms with Crippen LogP contribution in [-0.2, 0) is 17.8 Å². The largest absolute Gasteiger partial charge is 0.343 e. The number of hydrogen-bond acceptors (Lipinski definition) is 4. The van der Waals surface area contributed by atoms with Gasteiger partial charge in [0.25, 0.3) is 5.56 Å². The summed E-state index contributed by atoms with van der Waals surface area (Å²) in [6, 6.07) is 1.87. The lowest BCUT2D eigenvalue weighted by atomic mass is 9.95. The number of nitrogens with zero attached hydrogens (tertiary/aromatic N) is 4. The molecule has 6 heteroatoms. The number of carbonyl (C=O) groups is 1. The lowest BCUT2D eigenvalue weighted by Gasteiger charge is -2.36. The molecule has 132 valence electrons. The second-order valence-electron chi connectivity index (χ2n) is 7.43. The first-order valence-electron chi connectivity index (χ1n) is 9.03. The molecule has 1 saturated heterocycles. The third-order valence-electron chi connectivity index (χ3n) is 5.25. The van der Waals surface area contributed by atoms with E-state index in [-0.39, 0.29) is 17.5 Å². The van der Waals surface area contributed by atoms with Crippen LogP contribution in [0.2, 0.25) is 0 Å². The Morgan fingerprint density at radius 1 is 1.29 bits per heavy atom. The number of fused-ring (bicyclic) bond motifs is 1. The van der Waals surface area contributed by atoms with Crippen molar-refractivity contribution < 1.29 is 4.79 Å². The van der Waals surface area contributed by atoms with E-state index in [4.69, 9.17) is 0 Å². The molecule has 0 aliphatic carbocycles. The van der Waals surface area contributed by atoms with Crippen LogP contribution in [0.15, 0.2) is 10.9 Å². The van der Waals surface area contributed by atoms with Gasteiger partial charge in [0.2, 0.25) is 5.91 Å². The van der Waals surface area contributed by atoms with Crippen molar-refractivity contribution in [3.63, 3.8) is 0 Å². The second kappa shape index (κ2) is 7.05. The Morgan fingerprint density at radius 2 is 2.00 bits per heavy atom. The summed E-state index contributed by atoms with van der Waals surface area (Å²) in [5, 5.41) is 4.56. The van der Waals surface area contributed by atoms with Gasteiger partial charge in [0.05, 0.1) is 11.7 Å². The summed E-state index contributed by atoms with van der Waals surface area (Å²) in [6.07, 6.45) is 3.07. The summed E-state index contributed by atoms with van der Waals surface area (Å²) in [5.41, 5.74) is 2.16. The van der Waals surface area contributed by atoms with Crippen LogP contribution in [0.1, 0.15) is 50.9 Å². The lowest BCUT2D eigenvalue weighted by molar-refractivity contribution is -0.130. The SMILES string of the molecule is CC(=O)N1CCC(CN2CCc3nn(C(C)C)c(=O)cc3C2)CC1. The van der Waals surface area contributed by atoms with Gasteiger partial charge >= 0.3 is 0 Å². The van der Waals surface area contributed by atoms with Gasteiger partial charge < -0.3 is 4.90 Å². The Balaban J connectivity index is 1.61. The first-order chi connectivity index (χ1) is 11.4. The summed E-state index contributed by atoms with van der Waals surface area (Å²) >= 11 is 0. The smallest absolute Gasteiger partial charge is 0.267 e. The van der Waals surface area contributed by atoms with Gasteiger partial charge in [0, 0.05) is 52.1 Å². The molecule has 1 fully saturated rings. The Labute approximate surface area is 143 Å². The van der Waals surface area contributed by atoms with Crippen LogP contribution < -0.4 is 5.56 Å². The molecule has 0 unspecified atom stereocenters. The van der Waals surface area contributed by atoms with Crippen LogP contribution in [0.3, 0.4) is 0 Å². The minimum Gasteiger partial charge on any atom is -0.343 e. The highest BCUT2D eigenvalue weighted by molar-refractivity contribution is 5.73. The highest BCUT2D eigenvalue weighted by Crippen LogP contribution is 2.22. The average molecular weight is 332 g/mol. The monoisotopic (exact) mass is 332 g/mol. The van der Waals surface area contributed by atoms with Crippen molar-refractivity contribution in [3.8, 4) is 0 Å². The highest BCUT2D eigenvalue weighted by Gasteiger charge is 2.25. The van der Waals surface area contributed by atoms with Gasteiger partial charge in [-0.2, -0.15) is 5.10 Å². The number of likely N-dealkylation sites (tertiary alicyclic amines) is 1. The van der Waals surface area contributed by atoms with Gasteiger partial charge in [-0.25, -0.2) is 4.68 Å². The van der Waals surface area contributed by atoms with Crippen molar-refractivity contribution >= 4 is 5.91 Å². The fourth-order valence-corrected chi connectivity index (χ4v) is 3.79. The number of amides is 1. The van der Waals surface area contributed by atoms with E-state index in [0.717, 1.165) is 63.2 Å². The van der Waals surface area contributed by atoms with E-state index < -0.39 is 0 Å². The predicted molar refractivity (Wildman–Crippen MR) is 92.8 cm³/mol. The van der Waals surface area contributed by atoms with Crippen LogP contribution in [0, 0.1) is 5.92 Å². The van der Waals surface area contributed by atoms with E-state index in [1.807, 2.05) is 18.7 Å². The second-order valence-corrected chi connectivity index (χ2v) is 7.43. The van der Waals surface area contributed by atoms with E-state index >= 15 is 0 Å². The predicted octanol–water partition coefficient (Wildman–Crippen LogP) is 1.44. The van der Waals surface area contributed by atoms with Crippen molar-refractivity contribution in [2.75, 3.05) is 26.2 Å². The van der Waals surface area contributed by atoms with Gasteiger partial charge in [-0.05, 0) is 38.2 Å². The maximum atomic E-state index is 12.2. The summed E-state index contributed by atoms with van der Waals surface area (Å²) < 4.78 is 1.59. The Bertz CT molecular complexity index is 659. The molecular formula is C18H28N4O2. The number of carbonyl (C=O) groups excluding carboxylic acids is 1. The van der Waals surface area contributed by atoms with Crippen LogP contribution in [0.4, 0.5) is 0 Å². The van der Waals surface area contributed by atoms with Crippen LogP contribution in [0.25, 0.3) is 0 Å². The minimum absolute atomic E-state index is 0.000339. The number of hydrogen-bond donors (Lipinski definition) is 0. The molecule has 2 aliphatic heterocycles. The van der Waals surface area contributed by atoms with Crippen LogP contribution in [-0.4, -0.2) is 51.7 Å². The molecule has 3 heterocycles. The normalized spacial score (nSPS) is 19.6.